The number of halogens is 1. The SMILES string of the molecule is CC(C)N(Cc1ccccc1)C(=O)CSc1nnc(-c2ccc(F)cc2)o1. The van der Waals surface area contributed by atoms with Gasteiger partial charge in [0.15, 0.2) is 0 Å². The van der Waals surface area contributed by atoms with Gasteiger partial charge in [-0.2, -0.15) is 0 Å². The molecule has 0 radical (unpaired) electrons. The highest BCUT2D eigenvalue weighted by Gasteiger charge is 2.19. The lowest BCUT2D eigenvalue weighted by Crippen LogP contribution is -2.37. The number of rotatable bonds is 7. The first-order valence-electron chi connectivity index (χ1n) is 8.58. The maximum atomic E-state index is 13.0. The Bertz CT molecular complexity index is 882. The van der Waals surface area contributed by atoms with E-state index in [1.54, 1.807) is 12.1 Å². The molecule has 0 unspecified atom stereocenters. The zero-order chi connectivity index (χ0) is 19.2. The molecule has 1 aromatic heterocycles. The largest absolute Gasteiger partial charge is 0.411 e. The zero-order valence-corrected chi connectivity index (χ0v) is 15.9. The lowest BCUT2D eigenvalue weighted by atomic mass is 10.2. The maximum Gasteiger partial charge on any atom is 0.277 e. The molecule has 0 saturated heterocycles. The lowest BCUT2D eigenvalue weighted by molar-refractivity contribution is -0.130. The number of benzene rings is 2. The van der Waals surface area contributed by atoms with E-state index in [0.29, 0.717) is 23.2 Å². The topological polar surface area (TPSA) is 59.2 Å². The fourth-order valence-electron chi connectivity index (χ4n) is 2.52. The van der Waals surface area contributed by atoms with Crippen molar-refractivity contribution in [3.63, 3.8) is 0 Å². The number of nitrogens with zero attached hydrogens (tertiary/aromatic N) is 3. The summed E-state index contributed by atoms with van der Waals surface area (Å²) >= 11 is 1.20. The molecule has 0 N–H and O–H groups in total. The predicted octanol–water partition coefficient (Wildman–Crippen LogP) is 4.41. The predicted molar refractivity (Wildman–Crippen MR) is 103 cm³/mol. The number of amides is 1. The fourth-order valence-corrected chi connectivity index (χ4v) is 3.17. The van der Waals surface area contributed by atoms with Gasteiger partial charge in [-0.05, 0) is 43.7 Å². The van der Waals surface area contributed by atoms with E-state index in [1.165, 1.54) is 23.9 Å². The molecule has 7 heteroatoms. The van der Waals surface area contributed by atoms with Gasteiger partial charge in [0, 0.05) is 18.2 Å². The molecular weight excluding hydrogens is 365 g/mol. The summed E-state index contributed by atoms with van der Waals surface area (Å²) in [5, 5.41) is 8.23. The minimum absolute atomic E-state index is 0.000357. The zero-order valence-electron chi connectivity index (χ0n) is 15.1. The number of aromatic nitrogens is 2. The highest BCUT2D eigenvalue weighted by atomic mass is 32.2. The van der Waals surface area contributed by atoms with E-state index in [-0.39, 0.29) is 23.5 Å². The van der Waals surface area contributed by atoms with E-state index in [0.717, 1.165) is 5.56 Å². The molecule has 3 aromatic rings. The Balaban J connectivity index is 1.61. The highest BCUT2D eigenvalue weighted by Crippen LogP contribution is 2.24. The van der Waals surface area contributed by atoms with Crippen molar-refractivity contribution in [1.29, 1.82) is 0 Å². The molecule has 0 spiro atoms. The van der Waals surface area contributed by atoms with Gasteiger partial charge in [0.2, 0.25) is 11.8 Å². The van der Waals surface area contributed by atoms with E-state index < -0.39 is 0 Å². The van der Waals surface area contributed by atoms with Crippen LogP contribution in [-0.2, 0) is 11.3 Å². The third-order valence-corrected chi connectivity index (χ3v) is 4.76. The number of carbonyl (C=O) groups is 1. The second kappa shape index (κ2) is 8.81. The summed E-state index contributed by atoms with van der Waals surface area (Å²) in [5.41, 5.74) is 1.72. The normalized spacial score (nSPS) is 11.0. The van der Waals surface area contributed by atoms with Crippen LogP contribution in [0.2, 0.25) is 0 Å². The summed E-state index contributed by atoms with van der Waals surface area (Å²) in [6.45, 7) is 4.54. The van der Waals surface area contributed by atoms with Gasteiger partial charge in [-0.1, -0.05) is 42.1 Å². The molecule has 2 aromatic carbocycles. The van der Waals surface area contributed by atoms with Crippen molar-refractivity contribution in [3.05, 3.63) is 66.0 Å². The standard InChI is InChI=1S/C20H20FN3O2S/c1-14(2)24(12-15-6-4-3-5-7-15)18(25)13-27-20-23-22-19(26-20)16-8-10-17(21)11-9-16/h3-11,14H,12-13H2,1-2H3. The van der Waals surface area contributed by atoms with Crippen molar-refractivity contribution in [2.45, 2.75) is 31.7 Å². The van der Waals surface area contributed by atoms with Crippen molar-refractivity contribution in [2.75, 3.05) is 5.75 Å². The highest BCUT2D eigenvalue weighted by molar-refractivity contribution is 7.99. The molecule has 0 aliphatic carbocycles. The van der Waals surface area contributed by atoms with Crippen LogP contribution in [-0.4, -0.2) is 32.8 Å². The summed E-state index contributed by atoms with van der Waals surface area (Å²) in [5.74, 6) is 0.178. The van der Waals surface area contributed by atoms with E-state index in [2.05, 4.69) is 10.2 Å². The Hall–Kier alpha value is -2.67. The minimum atomic E-state index is -0.328. The summed E-state index contributed by atoms with van der Waals surface area (Å²) in [4.78, 5) is 14.5. The van der Waals surface area contributed by atoms with Crippen LogP contribution in [0.1, 0.15) is 19.4 Å². The Kier molecular flexibility index (Phi) is 6.24. The summed E-state index contributed by atoms with van der Waals surface area (Å²) in [7, 11) is 0. The summed E-state index contributed by atoms with van der Waals surface area (Å²) in [6, 6.07) is 15.8. The summed E-state index contributed by atoms with van der Waals surface area (Å²) < 4.78 is 18.6. The quantitative estimate of drug-likeness (QED) is 0.564. The first kappa shape index (κ1) is 19.1. The van der Waals surface area contributed by atoms with Crippen LogP contribution >= 0.6 is 11.8 Å². The van der Waals surface area contributed by atoms with Crippen molar-refractivity contribution in [1.82, 2.24) is 15.1 Å². The van der Waals surface area contributed by atoms with Crippen molar-refractivity contribution >= 4 is 17.7 Å². The van der Waals surface area contributed by atoms with Crippen LogP contribution in [0.4, 0.5) is 4.39 Å². The average Bonchev–Trinajstić information content (AvgIpc) is 3.14. The molecule has 3 rings (SSSR count). The van der Waals surface area contributed by atoms with Gasteiger partial charge in [-0.25, -0.2) is 4.39 Å². The monoisotopic (exact) mass is 385 g/mol. The molecule has 0 fully saturated rings. The van der Waals surface area contributed by atoms with E-state index in [1.807, 2.05) is 49.1 Å². The molecule has 0 aliphatic rings. The third-order valence-electron chi connectivity index (χ3n) is 3.96. The van der Waals surface area contributed by atoms with Gasteiger partial charge in [0.25, 0.3) is 5.22 Å². The van der Waals surface area contributed by atoms with Crippen LogP contribution in [0.25, 0.3) is 11.5 Å². The molecule has 0 saturated carbocycles. The van der Waals surface area contributed by atoms with Gasteiger partial charge < -0.3 is 9.32 Å². The van der Waals surface area contributed by atoms with E-state index in [4.69, 9.17) is 4.42 Å². The van der Waals surface area contributed by atoms with Crippen LogP contribution in [0, 0.1) is 5.82 Å². The second-order valence-corrected chi connectivity index (χ2v) is 7.20. The van der Waals surface area contributed by atoms with Crippen LogP contribution in [0.5, 0.6) is 0 Å². The van der Waals surface area contributed by atoms with Gasteiger partial charge >= 0.3 is 0 Å². The molecule has 0 aliphatic heterocycles. The number of hydrogen-bond donors (Lipinski definition) is 0. The van der Waals surface area contributed by atoms with Gasteiger partial charge in [0.1, 0.15) is 5.82 Å². The van der Waals surface area contributed by atoms with Crippen LogP contribution < -0.4 is 0 Å². The minimum Gasteiger partial charge on any atom is -0.411 e. The first-order valence-corrected chi connectivity index (χ1v) is 9.57. The number of hydrogen-bond acceptors (Lipinski definition) is 5. The molecule has 0 bridgehead atoms. The molecule has 1 heterocycles. The Morgan fingerprint density at radius 2 is 1.81 bits per heavy atom. The fraction of sp³-hybridized carbons (Fsp3) is 0.250. The Morgan fingerprint density at radius 3 is 2.48 bits per heavy atom. The van der Waals surface area contributed by atoms with Crippen LogP contribution in [0.3, 0.4) is 0 Å². The number of carbonyl (C=O) groups excluding carboxylic acids is 1. The molecule has 5 nitrogen and oxygen atoms in total. The molecule has 140 valence electrons. The lowest BCUT2D eigenvalue weighted by Gasteiger charge is -2.26. The molecule has 1 amide bonds. The van der Waals surface area contributed by atoms with Crippen molar-refractivity contribution in [3.8, 4) is 11.5 Å². The third kappa shape index (κ3) is 5.17. The van der Waals surface area contributed by atoms with Crippen molar-refractivity contribution in [2.24, 2.45) is 0 Å². The van der Waals surface area contributed by atoms with Gasteiger partial charge in [0.05, 0.1) is 5.75 Å². The summed E-state index contributed by atoms with van der Waals surface area (Å²) in [6.07, 6.45) is 0. The molecule has 0 atom stereocenters. The maximum absolute atomic E-state index is 13.0. The first-order chi connectivity index (χ1) is 13.0. The number of thioether (sulfide) groups is 1. The van der Waals surface area contributed by atoms with Crippen molar-refractivity contribution < 1.29 is 13.6 Å². The van der Waals surface area contributed by atoms with Gasteiger partial charge in [-0.3, -0.25) is 4.79 Å². The molecule has 27 heavy (non-hydrogen) atoms. The Morgan fingerprint density at radius 1 is 1.11 bits per heavy atom. The van der Waals surface area contributed by atoms with Crippen LogP contribution in [0.15, 0.2) is 64.2 Å². The Labute approximate surface area is 161 Å². The average molecular weight is 385 g/mol. The smallest absolute Gasteiger partial charge is 0.277 e. The van der Waals surface area contributed by atoms with E-state index >= 15 is 0 Å². The van der Waals surface area contributed by atoms with E-state index in [9.17, 15) is 9.18 Å². The van der Waals surface area contributed by atoms with Gasteiger partial charge in [-0.15, -0.1) is 10.2 Å². The molecular formula is C20H20FN3O2S. The second-order valence-electron chi connectivity index (χ2n) is 6.27.